The molecule has 98 valence electrons. The molecule has 1 aromatic heterocycles. The van der Waals surface area contributed by atoms with Crippen molar-refractivity contribution in [3.63, 3.8) is 0 Å². The molecule has 2 rings (SSSR count). The van der Waals surface area contributed by atoms with Gasteiger partial charge < -0.3 is 4.74 Å². The number of rotatable bonds is 4. The standard InChI is InChI=1S/C13H18N2O2S/c1-17-13(16)8-12-10-18-7-6-15(12)9-11-4-2-3-5-14-11/h2-5,12H,6-10H2,1H3/t12-/m0/s1. The van der Waals surface area contributed by atoms with Crippen LogP contribution in [0.2, 0.25) is 0 Å². The highest BCUT2D eigenvalue weighted by atomic mass is 32.2. The predicted octanol–water partition coefficient (Wildman–Crippen LogP) is 1.56. The van der Waals surface area contributed by atoms with Crippen molar-refractivity contribution in [1.82, 2.24) is 9.88 Å². The van der Waals surface area contributed by atoms with Crippen molar-refractivity contribution in [1.29, 1.82) is 0 Å². The number of nitrogens with zero attached hydrogens (tertiary/aromatic N) is 2. The summed E-state index contributed by atoms with van der Waals surface area (Å²) in [5.74, 6) is 1.97. The van der Waals surface area contributed by atoms with Crippen LogP contribution < -0.4 is 0 Å². The SMILES string of the molecule is COC(=O)C[C@H]1CSCCN1Cc1ccccn1. The summed E-state index contributed by atoms with van der Waals surface area (Å²) >= 11 is 1.90. The van der Waals surface area contributed by atoms with E-state index in [0.29, 0.717) is 6.42 Å². The van der Waals surface area contributed by atoms with Gasteiger partial charge in [0.05, 0.1) is 19.2 Å². The first-order chi connectivity index (χ1) is 8.79. The van der Waals surface area contributed by atoms with Gasteiger partial charge in [-0.05, 0) is 12.1 Å². The molecular weight excluding hydrogens is 248 g/mol. The second-order valence-corrected chi connectivity index (χ2v) is 5.45. The summed E-state index contributed by atoms with van der Waals surface area (Å²) in [4.78, 5) is 18.1. The zero-order valence-corrected chi connectivity index (χ0v) is 11.4. The maximum absolute atomic E-state index is 11.4. The number of methoxy groups -OCH3 is 1. The van der Waals surface area contributed by atoms with Crippen LogP contribution in [0.15, 0.2) is 24.4 Å². The molecule has 1 fully saturated rings. The van der Waals surface area contributed by atoms with E-state index in [9.17, 15) is 4.79 Å². The molecule has 0 radical (unpaired) electrons. The third-order valence-corrected chi connectivity index (χ3v) is 4.16. The van der Waals surface area contributed by atoms with Crippen LogP contribution in [0.25, 0.3) is 0 Å². The molecule has 1 aliphatic heterocycles. The summed E-state index contributed by atoms with van der Waals surface area (Å²) in [7, 11) is 1.45. The Morgan fingerprint density at radius 3 is 3.22 bits per heavy atom. The van der Waals surface area contributed by atoms with Crippen LogP contribution in [0.5, 0.6) is 0 Å². The van der Waals surface area contributed by atoms with Crippen molar-refractivity contribution in [3.8, 4) is 0 Å². The third kappa shape index (κ3) is 3.71. The lowest BCUT2D eigenvalue weighted by Gasteiger charge is -2.34. The van der Waals surface area contributed by atoms with Gasteiger partial charge in [0.25, 0.3) is 0 Å². The van der Waals surface area contributed by atoms with E-state index >= 15 is 0 Å². The fraction of sp³-hybridized carbons (Fsp3) is 0.538. The van der Waals surface area contributed by atoms with E-state index in [-0.39, 0.29) is 12.0 Å². The molecule has 0 aliphatic carbocycles. The van der Waals surface area contributed by atoms with E-state index < -0.39 is 0 Å². The zero-order valence-electron chi connectivity index (χ0n) is 10.5. The van der Waals surface area contributed by atoms with Gasteiger partial charge in [0, 0.05) is 36.8 Å². The van der Waals surface area contributed by atoms with E-state index in [1.807, 2.05) is 36.2 Å². The summed E-state index contributed by atoms with van der Waals surface area (Å²) in [6.45, 7) is 1.81. The van der Waals surface area contributed by atoms with Gasteiger partial charge in [0.1, 0.15) is 0 Å². The van der Waals surface area contributed by atoms with E-state index in [1.165, 1.54) is 7.11 Å². The van der Waals surface area contributed by atoms with Crippen molar-refractivity contribution < 1.29 is 9.53 Å². The van der Waals surface area contributed by atoms with Crippen LogP contribution in [-0.4, -0.2) is 47.1 Å². The Kier molecular flexibility index (Phi) is 5.01. The Hall–Kier alpha value is -1.07. The normalized spacial score (nSPS) is 20.6. The minimum atomic E-state index is -0.131. The summed E-state index contributed by atoms with van der Waals surface area (Å²) in [6.07, 6.45) is 2.28. The summed E-state index contributed by atoms with van der Waals surface area (Å²) < 4.78 is 4.76. The van der Waals surface area contributed by atoms with E-state index in [1.54, 1.807) is 0 Å². The van der Waals surface area contributed by atoms with E-state index in [0.717, 1.165) is 30.3 Å². The highest BCUT2D eigenvalue weighted by Crippen LogP contribution is 2.21. The molecule has 1 saturated heterocycles. The second kappa shape index (κ2) is 6.75. The average Bonchev–Trinajstić information content (AvgIpc) is 2.42. The first-order valence-electron chi connectivity index (χ1n) is 6.08. The van der Waals surface area contributed by atoms with Crippen LogP contribution in [-0.2, 0) is 16.1 Å². The Balaban J connectivity index is 1.97. The van der Waals surface area contributed by atoms with Gasteiger partial charge in [-0.3, -0.25) is 14.7 Å². The molecule has 0 N–H and O–H groups in total. The number of aromatic nitrogens is 1. The fourth-order valence-corrected chi connectivity index (χ4v) is 3.19. The Bertz CT molecular complexity index is 386. The monoisotopic (exact) mass is 266 g/mol. The fourth-order valence-electron chi connectivity index (χ4n) is 2.06. The van der Waals surface area contributed by atoms with Crippen molar-refractivity contribution >= 4 is 17.7 Å². The quantitative estimate of drug-likeness (QED) is 0.774. The molecule has 0 saturated carbocycles. The molecule has 0 unspecified atom stereocenters. The number of hydrogen-bond acceptors (Lipinski definition) is 5. The summed E-state index contributed by atoms with van der Waals surface area (Å²) in [6, 6.07) is 6.20. The number of pyridine rings is 1. The molecule has 1 aliphatic rings. The molecule has 0 spiro atoms. The first kappa shape index (κ1) is 13.4. The Labute approximate surface area is 112 Å². The van der Waals surface area contributed by atoms with Gasteiger partial charge in [-0.2, -0.15) is 11.8 Å². The van der Waals surface area contributed by atoms with Crippen molar-refractivity contribution in [2.75, 3.05) is 25.2 Å². The van der Waals surface area contributed by atoms with Crippen molar-refractivity contribution in [2.45, 2.75) is 19.0 Å². The highest BCUT2D eigenvalue weighted by molar-refractivity contribution is 7.99. The second-order valence-electron chi connectivity index (χ2n) is 4.30. The smallest absolute Gasteiger partial charge is 0.307 e. The maximum Gasteiger partial charge on any atom is 0.307 e. The van der Waals surface area contributed by atoms with Crippen LogP contribution in [0.1, 0.15) is 12.1 Å². The molecule has 4 nitrogen and oxygen atoms in total. The van der Waals surface area contributed by atoms with Crippen LogP contribution in [0.4, 0.5) is 0 Å². The molecule has 0 amide bonds. The lowest BCUT2D eigenvalue weighted by Crippen LogP contribution is -2.43. The van der Waals surface area contributed by atoms with Gasteiger partial charge >= 0.3 is 5.97 Å². The number of hydrogen-bond donors (Lipinski definition) is 0. The van der Waals surface area contributed by atoms with Gasteiger partial charge in [-0.1, -0.05) is 6.07 Å². The summed E-state index contributed by atoms with van der Waals surface area (Å²) in [5, 5.41) is 0. The molecule has 18 heavy (non-hydrogen) atoms. The van der Waals surface area contributed by atoms with Gasteiger partial charge in [0.2, 0.25) is 0 Å². The van der Waals surface area contributed by atoms with Crippen molar-refractivity contribution in [3.05, 3.63) is 30.1 Å². The minimum absolute atomic E-state index is 0.131. The first-order valence-corrected chi connectivity index (χ1v) is 7.23. The Morgan fingerprint density at radius 1 is 1.61 bits per heavy atom. The predicted molar refractivity (Wildman–Crippen MR) is 72.4 cm³/mol. The van der Waals surface area contributed by atoms with Crippen molar-refractivity contribution in [2.24, 2.45) is 0 Å². The average molecular weight is 266 g/mol. The lowest BCUT2D eigenvalue weighted by molar-refractivity contribution is -0.141. The number of carbonyl (C=O) groups excluding carboxylic acids is 1. The topological polar surface area (TPSA) is 42.4 Å². The minimum Gasteiger partial charge on any atom is -0.469 e. The van der Waals surface area contributed by atoms with E-state index in [4.69, 9.17) is 4.74 Å². The number of thioether (sulfide) groups is 1. The van der Waals surface area contributed by atoms with Gasteiger partial charge in [-0.15, -0.1) is 0 Å². The molecular formula is C13H18N2O2S. The largest absolute Gasteiger partial charge is 0.469 e. The highest BCUT2D eigenvalue weighted by Gasteiger charge is 2.25. The molecule has 5 heteroatoms. The third-order valence-electron chi connectivity index (χ3n) is 3.07. The number of carbonyl (C=O) groups is 1. The lowest BCUT2D eigenvalue weighted by atomic mass is 10.2. The van der Waals surface area contributed by atoms with Crippen LogP contribution in [0.3, 0.4) is 0 Å². The number of ether oxygens (including phenoxy) is 1. The molecule has 1 atom stereocenters. The Morgan fingerprint density at radius 2 is 2.50 bits per heavy atom. The molecule has 0 bridgehead atoms. The maximum atomic E-state index is 11.4. The molecule has 1 aromatic rings. The van der Waals surface area contributed by atoms with Gasteiger partial charge in [0.15, 0.2) is 0 Å². The zero-order chi connectivity index (χ0) is 12.8. The van der Waals surface area contributed by atoms with Gasteiger partial charge in [-0.25, -0.2) is 0 Å². The van der Waals surface area contributed by atoms with Crippen LogP contribution in [0, 0.1) is 0 Å². The molecule has 2 heterocycles. The van der Waals surface area contributed by atoms with E-state index in [2.05, 4.69) is 9.88 Å². The molecule has 0 aromatic carbocycles. The summed E-state index contributed by atoms with van der Waals surface area (Å²) in [5.41, 5.74) is 1.05. The van der Waals surface area contributed by atoms with Crippen LogP contribution >= 0.6 is 11.8 Å². The number of esters is 1.